The van der Waals surface area contributed by atoms with Gasteiger partial charge in [0.25, 0.3) is 0 Å². The Morgan fingerprint density at radius 3 is 2.18 bits per heavy atom. The molecule has 4 aromatic rings. The number of thiazole rings is 1. The second-order valence-corrected chi connectivity index (χ2v) is 15.2. The molecule has 0 spiro atoms. The highest BCUT2D eigenvalue weighted by Crippen LogP contribution is 2.54. The van der Waals surface area contributed by atoms with E-state index in [-0.39, 0.29) is 23.6 Å². The van der Waals surface area contributed by atoms with Crippen molar-refractivity contribution in [2.24, 2.45) is 11.1 Å². The van der Waals surface area contributed by atoms with E-state index >= 15 is 0 Å². The number of ether oxygens (including phenoxy) is 1. The van der Waals surface area contributed by atoms with Crippen LogP contribution in [-0.4, -0.2) is 62.6 Å². The maximum absolute atomic E-state index is 14.2. The van der Waals surface area contributed by atoms with Gasteiger partial charge in [-0.2, -0.15) is 0 Å². The van der Waals surface area contributed by atoms with Crippen LogP contribution in [-0.2, 0) is 35.7 Å². The minimum absolute atomic E-state index is 0.121. The van der Waals surface area contributed by atoms with Crippen molar-refractivity contribution < 1.29 is 32.3 Å². The third-order valence-electron chi connectivity index (χ3n) is 8.22. The highest BCUT2D eigenvalue weighted by molar-refractivity contribution is 8.00. The summed E-state index contributed by atoms with van der Waals surface area (Å²) in [6.07, 6.45) is 0. The van der Waals surface area contributed by atoms with Gasteiger partial charge in [0.15, 0.2) is 0 Å². The predicted molar refractivity (Wildman–Crippen MR) is 186 cm³/mol. The summed E-state index contributed by atoms with van der Waals surface area (Å²) >= 11 is 2.00. The van der Waals surface area contributed by atoms with Gasteiger partial charge in [-0.15, -0.1) is 0 Å². The number of rotatable bonds is 9. The molecule has 3 heterocycles. The van der Waals surface area contributed by atoms with Gasteiger partial charge in [0.1, 0.15) is 11.8 Å². The van der Waals surface area contributed by atoms with Crippen molar-refractivity contribution in [2.45, 2.75) is 34.6 Å². The summed E-state index contributed by atoms with van der Waals surface area (Å²) in [5.74, 6) is -3.51. The van der Waals surface area contributed by atoms with Crippen molar-refractivity contribution in [3.8, 4) is 0 Å². The highest BCUT2D eigenvalue weighted by Gasteiger charge is 2.56. The molecule has 3 amide bonds. The van der Waals surface area contributed by atoms with Crippen molar-refractivity contribution in [3.63, 3.8) is 0 Å². The molecule has 1 aromatic heterocycles. The maximum atomic E-state index is 14.2. The van der Waals surface area contributed by atoms with E-state index in [1.54, 1.807) is 6.92 Å². The fourth-order valence-electron chi connectivity index (χ4n) is 5.88. The van der Waals surface area contributed by atoms with E-state index in [1.165, 1.54) is 53.1 Å². The van der Waals surface area contributed by atoms with Crippen molar-refractivity contribution in [2.75, 3.05) is 35.8 Å². The van der Waals surface area contributed by atoms with Crippen LogP contribution in [0.15, 0.2) is 87.5 Å². The molecule has 3 unspecified atom stereocenters. The van der Waals surface area contributed by atoms with Crippen LogP contribution in [0.5, 0.6) is 0 Å². The molecule has 3 N–H and O–H groups in total. The summed E-state index contributed by atoms with van der Waals surface area (Å²) in [6, 6.07) is 18.9. The second kappa shape index (κ2) is 13.3. The first-order valence-corrected chi connectivity index (χ1v) is 18.3. The number of hydrogen-bond acceptors (Lipinski definition) is 11. The largest absolute Gasteiger partial charge is 0.462 e. The monoisotopic (exact) mass is 721 g/mol. The fourth-order valence-corrected chi connectivity index (χ4v) is 9.17. The summed E-state index contributed by atoms with van der Waals surface area (Å²) < 4.78 is 29.5. The molecule has 2 aliphatic rings. The molecule has 254 valence electrons. The number of fused-ring (bicyclic) bond motifs is 2. The lowest BCUT2D eigenvalue weighted by Gasteiger charge is -2.31. The number of nitrogens with one attached hydrogen (secondary N) is 1. The van der Waals surface area contributed by atoms with Crippen LogP contribution in [0.4, 0.5) is 17.1 Å². The van der Waals surface area contributed by atoms with Crippen molar-refractivity contribution in [1.82, 2.24) is 4.57 Å². The van der Waals surface area contributed by atoms with E-state index in [0.29, 0.717) is 21.3 Å². The van der Waals surface area contributed by atoms with Crippen LogP contribution in [0.2, 0.25) is 0 Å². The highest BCUT2D eigenvalue weighted by atomic mass is 32.2. The number of nitrogens with two attached hydrogens (primary N) is 1. The Bertz CT molecular complexity index is 2130. The Hall–Kier alpha value is -4.77. The number of aromatic nitrogens is 1. The Morgan fingerprint density at radius 1 is 0.939 bits per heavy atom. The van der Waals surface area contributed by atoms with E-state index in [4.69, 9.17) is 9.88 Å². The predicted octanol–water partition coefficient (Wildman–Crippen LogP) is 3.23. The zero-order valence-electron chi connectivity index (χ0n) is 26.5. The molecule has 0 aliphatic carbocycles. The van der Waals surface area contributed by atoms with Gasteiger partial charge in [-0.3, -0.25) is 23.7 Å². The van der Waals surface area contributed by atoms with Gasteiger partial charge in [0.2, 0.25) is 27.7 Å². The second-order valence-electron chi connectivity index (χ2n) is 11.5. The summed E-state index contributed by atoms with van der Waals surface area (Å²) in [5.41, 5.74) is 2.52. The first-order valence-electron chi connectivity index (χ1n) is 15.0. The molecule has 1 saturated heterocycles. The Labute approximate surface area is 289 Å². The topological polar surface area (TPSA) is 178 Å². The Balaban J connectivity index is 1.35. The minimum atomic E-state index is -3.92. The van der Waals surface area contributed by atoms with Crippen molar-refractivity contribution in [1.29, 1.82) is 0 Å². The third kappa shape index (κ3) is 6.51. The molecule has 6 rings (SSSR count). The molecule has 16 heteroatoms. The lowest BCUT2D eigenvalue weighted by Crippen LogP contribution is -2.33. The summed E-state index contributed by atoms with van der Waals surface area (Å²) in [7, 11) is -0.123. The molecule has 3 atom stereocenters. The zero-order valence-corrected chi connectivity index (χ0v) is 28.9. The molecular formula is C33H31N5O8S3. The zero-order chi connectivity index (χ0) is 35.2. The number of hydrogen-bond donors (Lipinski definition) is 2. The number of benzene rings is 3. The molecule has 0 saturated carbocycles. The quantitative estimate of drug-likeness (QED) is 0.193. The number of nitrogens with zero attached hydrogens (tertiary/aromatic N) is 3. The molecule has 0 bridgehead atoms. The number of primary sulfonamides is 1. The van der Waals surface area contributed by atoms with Crippen molar-refractivity contribution >= 4 is 73.9 Å². The number of esters is 1. The lowest BCUT2D eigenvalue weighted by molar-refractivity contribution is -0.122. The van der Waals surface area contributed by atoms with Crippen LogP contribution < -0.4 is 25.1 Å². The van der Waals surface area contributed by atoms with Gasteiger partial charge in [-0.25, -0.2) is 23.3 Å². The van der Waals surface area contributed by atoms with Gasteiger partial charge < -0.3 is 15.0 Å². The SMILES string of the molecule is CCOC(=O)c1ccc(N2C(=O)C3Sc4c(sc(=O)n4CC(=O)Nc4ccc(S(N)(=O)=O)cc4)C(c4ccc(N(C)C)cc4)C3C2=O)cc1. The van der Waals surface area contributed by atoms with E-state index in [9.17, 15) is 32.4 Å². The lowest BCUT2D eigenvalue weighted by atomic mass is 9.83. The van der Waals surface area contributed by atoms with Gasteiger partial charge in [0.05, 0.1) is 33.7 Å². The first kappa shape index (κ1) is 34.1. The first-order chi connectivity index (χ1) is 23.3. The summed E-state index contributed by atoms with van der Waals surface area (Å²) in [6.45, 7) is 1.51. The number of anilines is 3. The molecule has 0 radical (unpaired) electrons. The number of sulfonamides is 1. The molecule has 3 aromatic carbocycles. The fraction of sp³-hybridized carbons (Fsp3) is 0.242. The standard InChI is InChI=1S/C33H31N5O8S3/c1-4-46-32(42)19-7-13-22(14-8-19)38-29(40)26-25(18-5-11-21(12-6-18)36(2)3)28-31(47-27(26)30(38)41)37(33(43)48-28)17-24(39)35-20-9-15-23(16-10-20)49(34,44)45/h5-16,25-27H,4,17H2,1-3H3,(H,35,39)(H2,34,44,45). The number of carbonyl (C=O) groups excluding carboxylic acids is 4. The molecule has 13 nitrogen and oxygen atoms in total. The average Bonchev–Trinajstić information content (AvgIpc) is 3.50. The Kier molecular flexibility index (Phi) is 9.23. The Morgan fingerprint density at radius 2 is 1.59 bits per heavy atom. The van der Waals surface area contributed by atoms with Gasteiger partial charge >= 0.3 is 10.8 Å². The molecule has 49 heavy (non-hydrogen) atoms. The van der Waals surface area contributed by atoms with E-state index in [0.717, 1.165) is 39.2 Å². The van der Waals surface area contributed by atoms with E-state index in [1.807, 2.05) is 43.3 Å². The number of thioether (sulfide) groups is 1. The van der Waals surface area contributed by atoms with Crippen LogP contribution in [0.3, 0.4) is 0 Å². The number of carbonyl (C=O) groups is 4. The minimum Gasteiger partial charge on any atom is -0.462 e. The van der Waals surface area contributed by atoms with Gasteiger partial charge in [-0.05, 0) is 73.2 Å². The van der Waals surface area contributed by atoms with E-state index in [2.05, 4.69) is 5.32 Å². The third-order valence-corrected chi connectivity index (χ3v) is 11.8. The summed E-state index contributed by atoms with van der Waals surface area (Å²) in [5, 5.41) is 7.32. The van der Waals surface area contributed by atoms with E-state index < -0.39 is 55.7 Å². The number of amides is 3. The molecule has 1 fully saturated rings. The molecular weight excluding hydrogens is 691 g/mol. The average molecular weight is 722 g/mol. The maximum Gasteiger partial charge on any atom is 0.338 e. The van der Waals surface area contributed by atoms with Crippen LogP contribution in [0.1, 0.15) is 33.6 Å². The molecule has 2 aliphatic heterocycles. The van der Waals surface area contributed by atoms with Gasteiger partial charge in [0, 0.05) is 36.3 Å². The van der Waals surface area contributed by atoms with Crippen molar-refractivity contribution in [3.05, 3.63) is 98.5 Å². The van der Waals surface area contributed by atoms with Gasteiger partial charge in [-0.1, -0.05) is 35.2 Å². The van der Waals surface area contributed by atoms with Crippen LogP contribution in [0, 0.1) is 5.92 Å². The van der Waals surface area contributed by atoms with Crippen LogP contribution in [0.25, 0.3) is 0 Å². The smallest absolute Gasteiger partial charge is 0.338 e. The number of imide groups is 1. The van der Waals surface area contributed by atoms with Crippen LogP contribution >= 0.6 is 23.1 Å². The summed E-state index contributed by atoms with van der Waals surface area (Å²) in [4.78, 5) is 70.1. The normalized spacial score (nSPS) is 18.5.